The Kier molecular flexibility index (Phi) is 4.84. The second-order valence-electron chi connectivity index (χ2n) is 5.48. The minimum Gasteiger partial charge on any atom is -0.359 e. The average Bonchev–Trinajstić information content (AvgIpc) is 2.53. The van der Waals surface area contributed by atoms with Crippen LogP contribution in [0.25, 0.3) is 0 Å². The second-order valence-corrected chi connectivity index (χ2v) is 6.85. The van der Waals surface area contributed by atoms with E-state index >= 15 is 0 Å². The number of rotatable bonds is 3. The Balaban J connectivity index is 1.71. The molecule has 1 aromatic carbocycles. The Morgan fingerprint density at radius 1 is 1.24 bits per heavy atom. The predicted molar refractivity (Wildman–Crippen MR) is 80.9 cm³/mol. The SMILES string of the molecule is CCS[C@@H]1OC2COC(c3ccccc3)O[C@@H]2[C@H](F)C1C. The monoisotopic (exact) mass is 312 g/mol. The molecule has 0 saturated carbocycles. The van der Waals surface area contributed by atoms with E-state index in [1.807, 2.05) is 37.3 Å². The van der Waals surface area contributed by atoms with E-state index in [9.17, 15) is 4.39 Å². The van der Waals surface area contributed by atoms with Gasteiger partial charge in [-0.25, -0.2) is 4.39 Å². The van der Waals surface area contributed by atoms with E-state index in [1.54, 1.807) is 11.8 Å². The highest BCUT2D eigenvalue weighted by atomic mass is 32.2. The van der Waals surface area contributed by atoms with Crippen molar-refractivity contribution in [3.8, 4) is 0 Å². The van der Waals surface area contributed by atoms with Crippen LogP contribution in [0.15, 0.2) is 30.3 Å². The number of fused-ring (bicyclic) bond motifs is 1. The first-order chi connectivity index (χ1) is 10.2. The van der Waals surface area contributed by atoms with Crippen LogP contribution in [0.2, 0.25) is 0 Å². The maximum atomic E-state index is 14.7. The van der Waals surface area contributed by atoms with Crippen molar-refractivity contribution in [2.45, 2.75) is 44.0 Å². The fourth-order valence-electron chi connectivity index (χ4n) is 2.83. The van der Waals surface area contributed by atoms with Gasteiger partial charge in [-0.2, -0.15) is 0 Å². The van der Waals surface area contributed by atoms with Crippen LogP contribution in [-0.4, -0.2) is 36.2 Å². The fraction of sp³-hybridized carbons (Fsp3) is 0.625. The van der Waals surface area contributed by atoms with Gasteiger partial charge in [-0.1, -0.05) is 44.2 Å². The highest BCUT2D eigenvalue weighted by Crippen LogP contribution is 2.40. The van der Waals surface area contributed by atoms with E-state index in [4.69, 9.17) is 14.2 Å². The van der Waals surface area contributed by atoms with E-state index in [0.717, 1.165) is 11.3 Å². The van der Waals surface area contributed by atoms with Gasteiger partial charge in [0.25, 0.3) is 0 Å². The molecule has 2 aliphatic rings. The summed E-state index contributed by atoms with van der Waals surface area (Å²) in [5, 5.41) is 0. The molecule has 5 heteroatoms. The lowest BCUT2D eigenvalue weighted by Gasteiger charge is -2.46. The van der Waals surface area contributed by atoms with Crippen LogP contribution in [0.5, 0.6) is 0 Å². The summed E-state index contributed by atoms with van der Waals surface area (Å²) in [6.07, 6.45) is -2.40. The van der Waals surface area contributed by atoms with Crippen molar-refractivity contribution >= 4 is 11.8 Å². The first kappa shape index (κ1) is 15.3. The summed E-state index contributed by atoms with van der Waals surface area (Å²) in [7, 11) is 0. The Morgan fingerprint density at radius 3 is 2.71 bits per heavy atom. The minimum absolute atomic E-state index is 0.119. The molecule has 2 fully saturated rings. The smallest absolute Gasteiger partial charge is 0.184 e. The number of thioether (sulfide) groups is 1. The molecule has 0 bridgehead atoms. The maximum Gasteiger partial charge on any atom is 0.184 e. The standard InChI is InChI=1S/C16H21FO3S/c1-3-21-16-10(2)13(17)14-12(19-16)9-18-15(20-14)11-7-5-4-6-8-11/h4-8,10,12-16H,3,9H2,1-2H3/t10?,12?,13-,14+,15?,16+/m1/s1. The molecule has 2 aliphatic heterocycles. The molecule has 6 atom stereocenters. The van der Waals surface area contributed by atoms with Crippen LogP contribution in [-0.2, 0) is 14.2 Å². The van der Waals surface area contributed by atoms with Crippen molar-refractivity contribution in [2.75, 3.05) is 12.4 Å². The molecule has 0 spiro atoms. The number of hydrogen-bond acceptors (Lipinski definition) is 4. The normalized spacial score (nSPS) is 39.8. The van der Waals surface area contributed by atoms with Crippen molar-refractivity contribution in [3.63, 3.8) is 0 Å². The summed E-state index contributed by atoms with van der Waals surface area (Å²) in [5.74, 6) is 0.735. The maximum absolute atomic E-state index is 14.7. The Hall–Kier alpha value is -0.620. The molecule has 2 saturated heterocycles. The fourth-order valence-corrected chi connectivity index (χ4v) is 3.83. The number of ether oxygens (including phenoxy) is 3. The van der Waals surface area contributed by atoms with E-state index in [1.165, 1.54) is 0 Å². The van der Waals surface area contributed by atoms with Gasteiger partial charge < -0.3 is 14.2 Å². The molecule has 3 unspecified atom stereocenters. The molecule has 0 aromatic heterocycles. The van der Waals surface area contributed by atoms with Gasteiger partial charge >= 0.3 is 0 Å². The zero-order chi connectivity index (χ0) is 14.8. The van der Waals surface area contributed by atoms with Crippen LogP contribution >= 0.6 is 11.8 Å². The highest BCUT2D eigenvalue weighted by molar-refractivity contribution is 7.99. The Bertz CT molecular complexity index is 456. The number of alkyl halides is 1. The van der Waals surface area contributed by atoms with Crippen LogP contribution in [0.4, 0.5) is 4.39 Å². The first-order valence-corrected chi connectivity index (χ1v) is 8.48. The molecule has 0 radical (unpaired) electrons. The van der Waals surface area contributed by atoms with Crippen molar-refractivity contribution < 1.29 is 18.6 Å². The van der Waals surface area contributed by atoms with Gasteiger partial charge in [0.05, 0.1) is 6.61 Å². The zero-order valence-corrected chi connectivity index (χ0v) is 13.1. The number of hydrogen-bond donors (Lipinski definition) is 0. The summed E-state index contributed by atoms with van der Waals surface area (Å²) in [4.78, 5) is 0. The first-order valence-electron chi connectivity index (χ1n) is 7.44. The molecule has 3 rings (SSSR count). The third kappa shape index (κ3) is 3.11. The largest absolute Gasteiger partial charge is 0.359 e. The molecule has 21 heavy (non-hydrogen) atoms. The number of halogens is 1. The molecule has 116 valence electrons. The van der Waals surface area contributed by atoms with Gasteiger partial charge in [0.2, 0.25) is 0 Å². The topological polar surface area (TPSA) is 27.7 Å². The molecular formula is C16H21FO3S. The molecule has 3 nitrogen and oxygen atoms in total. The summed E-state index contributed by atoms with van der Waals surface area (Å²) >= 11 is 1.64. The van der Waals surface area contributed by atoms with Crippen molar-refractivity contribution in [3.05, 3.63) is 35.9 Å². The van der Waals surface area contributed by atoms with Crippen LogP contribution in [0, 0.1) is 5.92 Å². The van der Waals surface area contributed by atoms with E-state index in [2.05, 4.69) is 6.92 Å². The molecule has 0 N–H and O–H groups in total. The third-order valence-electron chi connectivity index (χ3n) is 4.02. The van der Waals surface area contributed by atoms with Crippen molar-refractivity contribution in [1.29, 1.82) is 0 Å². The zero-order valence-electron chi connectivity index (χ0n) is 12.3. The summed E-state index contributed by atoms with van der Waals surface area (Å²) in [6, 6.07) is 9.65. The van der Waals surface area contributed by atoms with E-state index in [-0.39, 0.29) is 17.5 Å². The summed E-state index contributed by atoms with van der Waals surface area (Å²) < 4.78 is 32.2. The van der Waals surface area contributed by atoms with Gasteiger partial charge in [-0.15, -0.1) is 11.8 Å². The lowest BCUT2D eigenvalue weighted by atomic mass is 9.94. The average molecular weight is 312 g/mol. The van der Waals surface area contributed by atoms with Crippen molar-refractivity contribution in [2.24, 2.45) is 5.92 Å². The van der Waals surface area contributed by atoms with Gasteiger partial charge in [-0.05, 0) is 5.75 Å². The lowest BCUT2D eigenvalue weighted by molar-refractivity contribution is -0.303. The number of benzene rings is 1. The predicted octanol–water partition coefficient (Wildman–Crippen LogP) is 3.55. The Morgan fingerprint density at radius 2 is 2.00 bits per heavy atom. The van der Waals surface area contributed by atoms with Crippen LogP contribution in [0.1, 0.15) is 25.7 Å². The molecule has 2 heterocycles. The van der Waals surface area contributed by atoms with Gasteiger partial charge in [0, 0.05) is 11.5 Å². The quantitative estimate of drug-likeness (QED) is 0.853. The molecular weight excluding hydrogens is 291 g/mol. The lowest BCUT2D eigenvalue weighted by Crippen LogP contribution is -2.56. The highest BCUT2D eigenvalue weighted by Gasteiger charge is 2.48. The Labute approximate surface area is 129 Å². The van der Waals surface area contributed by atoms with Gasteiger partial charge in [-0.3, -0.25) is 0 Å². The molecule has 1 aromatic rings. The summed E-state index contributed by atoms with van der Waals surface area (Å²) in [5.41, 5.74) is 0.799. The minimum atomic E-state index is -1.03. The molecule has 0 amide bonds. The van der Waals surface area contributed by atoms with E-state index < -0.39 is 18.6 Å². The van der Waals surface area contributed by atoms with E-state index in [0.29, 0.717) is 6.61 Å². The van der Waals surface area contributed by atoms with Gasteiger partial charge in [0.15, 0.2) is 6.29 Å². The van der Waals surface area contributed by atoms with Crippen LogP contribution in [0.3, 0.4) is 0 Å². The second kappa shape index (κ2) is 6.65. The summed E-state index contributed by atoms with van der Waals surface area (Å²) in [6.45, 7) is 4.32. The third-order valence-corrected chi connectivity index (χ3v) is 5.22. The van der Waals surface area contributed by atoms with Gasteiger partial charge in [0.1, 0.15) is 23.8 Å². The van der Waals surface area contributed by atoms with Crippen LogP contribution < -0.4 is 0 Å². The van der Waals surface area contributed by atoms with Crippen molar-refractivity contribution in [1.82, 2.24) is 0 Å². The molecule has 0 aliphatic carbocycles.